The largest absolute Gasteiger partial charge is 0.310 e. The highest BCUT2D eigenvalue weighted by Crippen LogP contribution is 2.60. The van der Waals surface area contributed by atoms with Crippen molar-refractivity contribution >= 4 is 51.2 Å². The zero-order valence-electron chi connectivity index (χ0n) is 70.6. The van der Waals surface area contributed by atoms with Crippen molar-refractivity contribution in [1.29, 1.82) is 0 Å². The van der Waals surface area contributed by atoms with Gasteiger partial charge in [-0.3, -0.25) is 0 Å². The van der Waals surface area contributed by atoms with E-state index in [4.69, 9.17) is 15.0 Å². The van der Waals surface area contributed by atoms with Gasteiger partial charge in [-0.25, -0.2) is 15.0 Å². The van der Waals surface area contributed by atoms with Crippen molar-refractivity contribution in [2.24, 2.45) is 0 Å². The predicted octanol–water partition coefficient (Wildman–Crippen LogP) is 31.3. The maximum Gasteiger partial charge on any atom is 0.164 e. The maximum atomic E-state index is 5.78. The standard InChI is InChI=1S/C108H114N6/c1-19-106(20-2)94-61-73(49-55-88(94)91-58-52-79(64-97(91)106)112(76-37-28-25-29-38-76)100-82(67(7)8)43-34-44-83(100)68(9)10)103-109-104(74-50-56-89-92-59-53-80(65-98(92)107(21-3,22-4)95(89)62-74)113(77-39-30-26-31-40-77)101-84(69(11)12)45-35-46-85(101)70(13)14)111-105(110-103)75-51-57-90-93-60-54-81(66-99(93)108(23-5,24-6)96(90)63-75)114(78-41-32-27-33-42-78)102-86(71(15)16)47-36-48-87(102)72(17)18/h25-72H,19-24H2,1-18H3. The van der Waals surface area contributed by atoms with Crippen LogP contribution < -0.4 is 14.7 Å². The molecule has 3 aliphatic rings. The van der Waals surface area contributed by atoms with Crippen LogP contribution in [0.15, 0.2) is 255 Å². The molecule has 3 aliphatic carbocycles. The lowest BCUT2D eigenvalue weighted by molar-refractivity contribution is 0.490. The second-order valence-corrected chi connectivity index (χ2v) is 34.4. The topological polar surface area (TPSA) is 48.4 Å². The lowest BCUT2D eigenvalue weighted by Crippen LogP contribution is -2.24. The van der Waals surface area contributed by atoms with E-state index in [2.05, 4.69) is 394 Å². The first kappa shape index (κ1) is 77.0. The highest BCUT2D eigenvalue weighted by atomic mass is 15.2. The number of fused-ring (bicyclic) bond motifs is 9. The average Bonchev–Trinajstić information content (AvgIpc) is 1.57. The molecule has 0 unspecified atom stereocenters. The third-order valence-electron chi connectivity index (χ3n) is 26.6. The van der Waals surface area contributed by atoms with E-state index in [-0.39, 0.29) is 16.2 Å². The van der Waals surface area contributed by atoms with Crippen LogP contribution in [0.5, 0.6) is 0 Å². The predicted molar refractivity (Wildman–Crippen MR) is 485 cm³/mol. The summed E-state index contributed by atoms with van der Waals surface area (Å²) in [6.07, 6.45) is 5.52. The first-order valence-corrected chi connectivity index (χ1v) is 42.8. The van der Waals surface area contributed by atoms with Crippen molar-refractivity contribution in [2.45, 2.75) is 215 Å². The van der Waals surface area contributed by atoms with Crippen molar-refractivity contribution in [3.05, 3.63) is 322 Å². The fourth-order valence-corrected chi connectivity index (χ4v) is 20.3. The number of nitrogens with zero attached hydrogens (tertiary/aromatic N) is 6. The SMILES string of the molecule is CCC1(CC)c2cc(-c3nc(-c4ccc5c(c4)C(CC)(CC)c4cc(N(c6ccccc6)c6c(C(C)C)cccc6C(C)C)ccc4-5)nc(-c4ccc5c(c4)C(CC)(CC)c4cc(N(c6ccccc6)c6c(C(C)C)cccc6C(C)C)ccc4-5)n3)ccc2-c2ccc(N(c3ccccc3)c3c(C(C)C)cccc3C(C)C)cc21. The summed E-state index contributed by atoms with van der Waals surface area (Å²) in [6.45, 7) is 42.3. The van der Waals surface area contributed by atoms with Crippen LogP contribution in [0.2, 0.25) is 0 Å². The van der Waals surface area contributed by atoms with E-state index in [1.165, 1.54) is 134 Å². The van der Waals surface area contributed by atoms with E-state index in [1.807, 2.05) is 0 Å². The summed E-state index contributed by atoms with van der Waals surface area (Å²) in [6, 6.07) is 97.3. The van der Waals surface area contributed by atoms with Crippen LogP contribution >= 0.6 is 0 Å². The molecule has 16 rings (SSSR count). The van der Waals surface area contributed by atoms with Crippen molar-refractivity contribution in [3.63, 3.8) is 0 Å². The normalized spacial score (nSPS) is 13.9. The smallest absolute Gasteiger partial charge is 0.164 e. The van der Waals surface area contributed by atoms with Gasteiger partial charge in [0.05, 0.1) is 17.1 Å². The van der Waals surface area contributed by atoms with Crippen LogP contribution in [0.25, 0.3) is 67.5 Å². The van der Waals surface area contributed by atoms with Crippen LogP contribution in [-0.4, -0.2) is 15.0 Å². The second-order valence-electron chi connectivity index (χ2n) is 34.4. The van der Waals surface area contributed by atoms with E-state index >= 15 is 0 Å². The van der Waals surface area contributed by atoms with Crippen molar-refractivity contribution in [1.82, 2.24) is 15.0 Å². The monoisotopic (exact) mass is 1490 g/mol. The highest BCUT2D eigenvalue weighted by molar-refractivity contribution is 5.93. The fraction of sp³-hybridized carbons (Fsp3) is 0.306. The van der Waals surface area contributed by atoms with Gasteiger partial charge in [0, 0.05) is 67.1 Å². The number of aromatic nitrogens is 3. The Balaban J connectivity index is 0.862. The molecular weight excluding hydrogens is 1380 g/mol. The molecule has 576 valence electrons. The summed E-state index contributed by atoms with van der Waals surface area (Å²) >= 11 is 0. The summed E-state index contributed by atoms with van der Waals surface area (Å²) in [5, 5.41) is 0. The van der Waals surface area contributed by atoms with Gasteiger partial charge in [0.15, 0.2) is 17.5 Å². The third kappa shape index (κ3) is 12.6. The maximum absolute atomic E-state index is 5.78. The Hall–Kier alpha value is -11.0. The Kier molecular flexibility index (Phi) is 20.8. The molecule has 1 heterocycles. The number of para-hydroxylation sites is 6. The molecule has 0 atom stereocenters. The zero-order valence-corrected chi connectivity index (χ0v) is 70.6. The molecule has 13 aromatic rings. The van der Waals surface area contributed by atoms with Gasteiger partial charge >= 0.3 is 0 Å². The molecule has 0 fully saturated rings. The molecular formula is C108H114N6. The highest BCUT2D eigenvalue weighted by Gasteiger charge is 2.46. The van der Waals surface area contributed by atoms with Crippen molar-refractivity contribution in [3.8, 4) is 67.5 Å². The van der Waals surface area contributed by atoms with Gasteiger partial charge in [0.1, 0.15) is 0 Å². The molecule has 1 aromatic heterocycles. The second kappa shape index (κ2) is 30.8. The van der Waals surface area contributed by atoms with Crippen LogP contribution in [0.4, 0.5) is 51.2 Å². The number of rotatable bonds is 24. The molecule has 0 spiro atoms. The minimum absolute atomic E-state index is 0.299. The molecule has 0 radical (unpaired) electrons. The van der Waals surface area contributed by atoms with E-state index in [0.29, 0.717) is 53.0 Å². The van der Waals surface area contributed by atoms with E-state index in [0.717, 1.165) is 72.3 Å². The summed E-state index contributed by atoms with van der Waals surface area (Å²) in [5.41, 5.74) is 36.7. The molecule has 12 aromatic carbocycles. The number of hydrogen-bond acceptors (Lipinski definition) is 6. The van der Waals surface area contributed by atoms with Gasteiger partial charge < -0.3 is 14.7 Å². The molecule has 0 amide bonds. The Bertz CT molecular complexity index is 5100. The van der Waals surface area contributed by atoms with E-state index in [1.54, 1.807) is 0 Å². The lowest BCUT2D eigenvalue weighted by atomic mass is 9.73. The average molecular weight is 1500 g/mol. The van der Waals surface area contributed by atoms with E-state index in [9.17, 15) is 0 Å². The Morgan fingerprint density at radius 3 is 0.623 bits per heavy atom. The Morgan fingerprint density at radius 2 is 0.421 bits per heavy atom. The van der Waals surface area contributed by atoms with Gasteiger partial charge in [0.2, 0.25) is 0 Å². The van der Waals surface area contributed by atoms with Gasteiger partial charge in [-0.2, -0.15) is 0 Å². The Morgan fingerprint density at radius 1 is 0.219 bits per heavy atom. The van der Waals surface area contributed by atoms with Gasteiger partial charge in [-0.15, -0.1) is 0 Å². The first-order valence-electron chi connectivity index (χ1n) is 42.8. The quantitative estimate of drug-likeness (QED) is 0.0601. The molecule has 6 heteroatoms. The molecule has 6 nitrogen and oxygen atoms in total. The lowest BCUT2D eigenvalue weighted by Gasteiger charge is -2.34. The summed E-state index contributed by atoms with van der Waals surface area (Å²) in [7, 11) is 0. The molecule has 114 heavy (non-hydrogen) atoms. The van der Waals surface area contributed by atoms with Crippen molar-refractivity contribution < 1.29 is 0 Å². The summed E-state index contributed by atoms with van der Waals surface area (Å²) in [5.74, 6) is 3.90. The summed E-state index contributed by atoms with van der Waals surface area (Å²) < 4.78 is 0. The van der Waals surface area contributed by atoms with Crippen LogP contribution in [0.1, 0.15) is 265 Å². The summed E-state index contributed by atoms with van der Waals surface area (Å²) in [4.78, 5) is 25.0. The number of benzene rings is 12. The third-order valence-corrected chi connectivity index (χ3v) is 26.6. The van der Waals surface area contributed by atoms with Crippen LogP contribution in [0, 0.1) is 0 Å². The minimum Gasteiger partial charge on any atom is -0.310 e. The van der Waals surface area contributed by atoms with E-state index < -0.39 is 0 Å². The number of hydrogen-bond donors (Lipinski definition) is 0. The molecule has 0 saturated carbocycles. The van der Waals surface area contributed by atoms with Gasteiger partial charge in [-0.05, 0) is 265 Å². The first-order chi connectivity index (χ1) is 55.2. The molecule has 0 aliphatic heterocycles. The molecule has 0 saturated heterocycles. The van der Waals surface area contributed by atoms with Crippen LogP contribution in [-0.2, 0) is 16.2 Å². The molecule has 0 bridgehead atoms. The minimum atomic E-state index is -0.299. The van der Waals surface area contributed by atoms with Gasteiger partial charge in [-0.1, -0.05) is 288 Å². The van der Waals surface area contributed by atoms with Crippen molar-refractivity contribution in [2.75, 3.05) is 14.7 Å². The van der Waals surface area contributed by atoms with Gasteiger partial charge in [0.25, 0.3) is 0 Å². The van der Waals surface area contributed by atoms with Crippen LogP contribution in [0.3, 0.4) is 0 Å². The fourth-order valence-electron chi connectivity index (χ4n) is 20.3. The molecule has 0 N–H and O–H groups in total. The number of anilines is 9. The zero-order chi connectivity index (χ0) is 79.8. The Labute approximate surface area is 680 Å².